The fourth-order valence-electron chi connectivity index (χ4n) is 1.59. The Balaban J connectivity index is 2.22. The van der Waals surface area contributed by atoms with E-state index >= 15 is 0 Å². The Bertz CT molecular complexity index is 302. The second-order valence-corrected chi connectivity index (χ2v) is 3.91. The quantitative estimate of drug-likeness (QED) is 0.485. The van der Waals surface area contributed by atoms with E-state index in [1.165, 1.54) is 12.2 Å². The first-order valence-corrected chi connectivity index (χ1v) is 5.70. The van der Waals surface area contributed by atoms with E-state index in [4.69, 9.17) is 0 Å². The summed E-state index contributed by atoms with van der Waals surface area (Å²) >= 11 is 0. The van der Waals surface area contributed by atoms with Crippen LogP contribution < -0.4 is 0 Å². The topological polar surface area (TPSA) is 54.5 Å². The van der Waals surface area contributed by atoms with Gasteiger partial charge in [-0.1, -0.05) is 19.8 Å². The van der Waals surface area contributed by atoms with E-state index in [2.05, 4.69) is 6.92 Å². The molecule has 0 unspecified atom stereocenters. The zero-order valence-corrected chi connectivity index (χ0v) is 9.57. The minimum atomic E-state index is -0.314. The van der Waals surface area contributed by atoms with E-state index in [1.54, 1.807) is 0 Å². The highest BCUT2D eigenvalue weighted by molar-refractivity contribution is 6.13. The Kier molecular flexibility index (Phi) is 4.89. The average molecular weight is 223 g/mol. The predicted octanol–water partition coefficient (Wildman–Crippen LogP) is 1.45. The summed E-state index contributed by atoms with van der Waals surface area (Å²) in [7, 11) is 0. The summed E-state index contributed by atoms with van der Waals surface area (Å²) < 4.78 is 0. The molecule has 0 aromatic heterocycles. The third kappa shape index (κ3) is 3.61. The predicted molar refractivity (Wildman–Crippen MR) is 59.6 cm³/mol. The van der Waals surface area contributed by atoms with E-state index in [0.717, 1.165) is 24.2 Å². The molecule has 4 nitrogen and oxygen atoms in total. The molecule has 0 aliphatic carbocycles. The Morgan fingerprint density at radius 2 is 1.75 bits per heavy atom. The molecule has 0 radical (unpaired) electrons. The van der Waals surface area contributed by atoms with Crippen LogP contribution >= 0.6 is 0 Å². The first kappa shape index (κ1) is 12.6. The third-order valence-corrected chi connectivity index (χ3v) is 2.57. The molecular formula is C12H17NO3. The van der Waals surface area contributed by atoms with Gasteiger partial charge in [0.15, 0.2) is 0 Å². The van der Waals surface area contributed by atoms with Gasteiger partial charge < -0.3 is 0 Å². The van der Waals surface area contributed by atoms with Crippen LogP contribution in [0.25, 0.3) is 0 Å². The van der Waals surface area contributed by atoms with Crippen molar-refractivity contribution in [1.82, 2.24) is 4.90 Å². The van der Waals surface area contributed by atoms with Gasteiger partial charge in [0.25, 0.3) is 11.8 Å². The molecule has 0 saturated carbocycles. The molecule has 0 aromatic rings. The minimum Gasteiger partial charge on any atom is -0.300 e. The standard InChI is InChI=1S/C12H17NO3/c1-2-3-4-5-10(14)8-9-13-11(15)6-7-12(13)16/h6-7H,2-5,8-9H2,1H3. The number of hydrogen-bond acceptors (Lipinski definition) is 3. The summed E-state index contributed by atoms with van der Waals surface area (Å²) in [5.41, 5.74) is 0. The molecule has 2 amide bonds. The van der Waals surface area contributed by atoms with Crippen LogP contribution in [0.2, 0.25) is 0 Å². The first-order chi connectivity index (χ1) is 7.65. The molecule has 4 heteroatoms. The number of carbonyl (C=O) groups is 3. The number of imide groups is 1. The smallest absolute Gasteiger partial charge is 0.253 e. The maximum atomic E-state index is 11.4. The van der Waals surface area contributed by atoms with Crippen molar-refractivity contribution in [2.75, 3.05) is 6.54 Å². The van der Waals surface area contributed by atoms with Crippen LogP contribution in [-0.4, -0.2) is 29.0 Å². The number of amides is 2. The van der Waals surface area contributed by atoms with Gasteiger partial charge in [-0.2, -0.15) is 0 Å². The maximum absolute atomic E-state index is 11.4. The molecule has 1 heterocycles. The number of ketones is 1. The van der Waals surface area contributed by atoms with Gasteiger partial charge in [-0.05, 0) is 6.42 Å². The van der Waals surface area contributed by atoms with Crippen molar-refractivity contribution in [1.29, 1.82) is 0 Å². The van der Waals surface area contributed by atoms with Crippen molar-refractivity contribution in [3.63, 3.8) is 0 Å². The summed E-state index contributed by atoms with van der Waals surface area (Å²) in [6, 6.07) is 0. The number of Topliss-reactive ketones (excluding diaryl/α,β-unsaturated/α-hetero) is 1. The van der Waals surface area contributed by atoms with E-state index in [9.17, 15) is 14.4 Å². The largest absolute Gasteiger partial charge is 0.300 e. The average Bonchev–Trinajstić information content (AvgIpc) is 2.57. The summed E-state index contributed by atoms with van der Waals surface area (Å²) in [6.45, 7) is 2.30. The second kappa shape index (κ2) is 6.20. The monoisotopic (exact) mass is 223 g/mol. The fourth-order valence-corrected chi connectivity index (χ4v) is 1.59. The molecule has 0 atom stereocenters. The second-order valence-electron chi connectivity index (χ2n) is 3.91. The van der Waals surface area contributed by atoms with Crippen LogP contribution in [0.1, 0.15) is 39.0 Å². The number of unbranched alkanes of at least 4 members (excludes halogenated alkanes) is 2. The Labute approximate surface area is 95.3 Å². The van der Waals surface area contributed by atoms with Gasteiger partial charge in [-0.15, -0.1) is 0 Å². The highest BCUT2D eigenvalue weighted by Crippen LogP contribution is 2.07. The third-order valence-electron chi connectivity index (χ3n) is 2.57. The summed E-state index contributed by atoms with van der Waals surface area (Å²) in [4.78, 5) is 34.9. The zero-order chi connectivity index (χ0) is 12.0. The highest BCUT2D eigenvalue weighted by atomic mass is 16.2. The minimum absolute atomic E-state index is 0.126. The number of carbonyl (C=O) groups excluding carboxylic acids is 3. The molecule has 0 N–H and O–H groups in total. The van der Waals surface area contributed by atoms with Crippen molar-refractivity contribution in [3.8, 4) is 0 Å². The Morgan fingerprint density at radius 1 is 1.12 bits per heavy atom. The van der Waals surface area contributed by atoms with Crippen LogP contribution in [0.3, 0.4) is 0 Å². The molecule has 1 aliphatic heterocycles. The summed E-state index contributed by atoms with van der Waals surface area (Å²) in [6.07, 6.45) is 6.35. The first-order valence-electron chi connectivity index (χ1n) is 5.70. The van der Waals surface area contributed by atoms with Gasteiger partial charge in [-0.25, -0.2) is 0 Å². The van der Waals surface area contributed by atoms with Gasteiger partial charge in [0.1, 0.15) is 5.78 Å². The van der Waals surface area contributed by atoms with Gasteiger partial charge in [-0.3, -0.25) is 19.3 Å². The lowest BCUT2D eigenvalue weighted by molar-refractivity contribution is -0.137. The van der Waals surface area contributed by atoms with Crippen molar-refractivity contribution in [3.05, 3.63) is 12.2 Å². The van der Waals surface area contributed by atoms with Gasteiger partial charge >= 0.3 is 0 Å². The van der Waals surface area contributed by atoms with Crippen LogP contribution in [0.5, 0.6) is 0 Å². The van der Waals surface area contributed by atoms with E-state index in [0.29, 0.717) is 6.42 Å². The van der Waals surface area contributed by atoms with Crippen molar-refractivity contribution < 1.29 is 14.4 Å². The molecule has 0 spiro atoms. The lowest BCUT2D eigenvalue weighted by Crippen LogP contribution is -2.32. The zero-order valence-electron chi connectivity index (χ0n) is 9.57. The number of hydrogen-bond donors (Lipinski definition) is 0. The fraction of sp³-hybridized carbons (Fsp3) is 0.583. The van der Waals surface area contributed by atoms with Gasteiger partial charge in [0.05, 0.1) is 0 Å². The molecule has 0 bridgehead atoms. The van der Waals surface area contributed by atoms with E-state index < -0.39 is 0 Å². The van der Waals surface area contributed by atoms with Crippen LogP contribution in [0.4, 0.5) is 0 Å². The van der Waals surface area contributed by atoms with E-state index in [1.807, 2.05) is 0 Å². The summed E-state index contributed by atoms with van der Waals surface area (Å²) in [5.74, 6) is -0.501. The maximum Gasteiger partial charge on any atom is 0.253 e. The molecule has 0 aromatic carbocycles. The van der Waals surface area contributed by atoms with Crippen LogP contribution in [-0.2, 0) is 14.4 Å². The van der Waals surface area contributed by atoms with E-state index in [-0.39, 0.29) is 30.6 Å². The molecule has 1 rings (SSSR count). The molecule has 0 fully saturated rings. The molecular weight excluding hydrogens is 206 g/mol. The van der Waals surface area contributed by atoms with Gasteiger partial charge in [0.2, 0.25) is 0 Å². The highest BCUT2D eigenvalue weighted by Gasteiger charge is 2.23. The Morgan fingerprint density at radius 3 is 2.31 bits per heavy atom. The van der Waals surface area contributed by atoms with Crippen molar-refractivity contribution >= 4 is 17.6 Å². The van der Waals surface area contributed by atoms with Crippen LogP contribution in [0, 0.1) is 0 Å². The Hall–Kier alpha value is -1.45. The SMILES string of the molecule is CCCCCC(=O)CCN1C(=O)C=CC1=O. The number of nitrogens with zero attached hydrogens (tertiary/aromatic N) is 1. The van der Waals surface area contributed by atoms with Crippen molar-refractivity contribution in [2.45, 2.75) is 39.0 Å². The molecule has 16 heavy (non-hydrogen) atoms. The molecule has 88 valence electrons. The van der Waals surface area contributed by atoms with Crippen molar-refractivity contribution in [2.24, 2.45) is 0 Å². The van der Waals surface area contributed by atoms with Gasteiger partial charge in [0, 0.05) is 31.5 Å². The normalized spacial score (nSPS) is 14.9. The number of rotatable bonds is 7. The lowest BCUT2D eigenvalue weighted by Gasteiger charge is -2.12. The van der Waals surface area contributed by atoms with Crippen LogP contribution in [0.15, 0.2) is 12.2 Å². The lowest BCUT2D eigenvalue weighted by atomic mass is 10.1. The molecule has 0 saturated heterocycles. The summed E-state index contributed by atoms with van der Waals surface area (Å²) in [5, 5.41) is 0. The molecule has 1 aliphatic rings.